The first-order chi connectivity index (χ1) is 9.37. The van der Waals surface area contributed by atoms with Crippen LogP contribution in [0.2, 0.25) is 0 Å². The minimum Gasteiger partial charge on any atom is -0.469 e. The minimum atomic E-state index is -0.538. The van der Waals surface area contributed by atoms with Crippen molar-refractivity contribution in [1.29, 1.82) is 0 Å². The van der Waals surface area contributed by atoms with Gasteiger partial charge in [0, 0.05) is 0 Å². The van der Waals surface area contributed by atoms with Gasteiger partial charge in [-0.3, -0.25) is 14.4 Å². The van der Waals surface area contributed by atoms with E-state index in [0.29, 0.717) is 6.41 Å². The maximum absolute atomic E-state index is 11.6. The SMILES string of the molecule is COC(=O)CC(c1ccccc1)N(C=O)OC(C)(C)C. The van der Waals surface area contributed by atoms with Gasteiger partial charge < -0.3 is 4.74 Å². The molecule has 0 aliphatic rings. The van der Waals surface area contributed by atoms with Crippen LogP contribution < -0.4 is 0 Å². The Hall–Kier alpha value is -1.88. The van der Waals surface area contributed by atoms with E-state index in [4.69, 9.17) is 4.84 Å². The van der Waals surface area contributed by atoms with Gasteiger partial charge in [0.1, 0.15) is 0 Å². The Morgan fingerprint density at radius 1 is 1.30 bits per heavy atom. The zero-order chi connectivity index (χ0) is 15.2. The van der Waals surface area contributed by atoms with Crippen LogP contribution in [0, 0.1) is 0 Å². The fraction of sp³-hybridized carbons (Fsp3) is 0.467. The maximum Gasteiger partial charge on any atom is 0.308 e. The van der Waals surface area contributed by atoms with E-state index >= 15 is 0 Å². The maximum atomic E-state index is 11.6. The van der Waals surface area contributed by atoms with Crippen molar-refractivity contribution in [3.63, 3.8) is 0 Å². The normalized spacial score (nSPS) is 12.6. The zero-order valence-corrected chi connectivity index (χ0v) is 12.3. The Morgan fingerprint density at radius 2 is 1.90 bits per heavy atom. The summed E-state index contributed by atoms with van der Waals surface area (Å²) in [4.78, 5) is 28.5. The topological polar surface area (TPSA) is 55.8 Å². The van der Waals surface area contributed by atoms with Gasteiger partial charge >= 0.3 is 5.97 Å². The molecule has 5 nitrogen and oxygen atoms in total. The highest BCUT2D eigenvalue weighted by molar-refractivity contribution is 5.70. The molecule has 0 N–H and O–H groups in total. The smallest absolute Gasteiger partial charge is 0.308 e. The van der Waals surface area contributed by atoms with Crippen LogP contribution in [0.3, 0.4) is 0 Å². The third kappa shape index (κ3) is 5.01. The first kappa shape index (κ1) is 16.2. The quantitative estimate of drug-likeness (QED) is 0.456. The van der Waals surface area contributed by atoms with Crippen LogP contribution >= 0.6 is 0 Å². The van der Waals surface area contributed by atoms with Crippen LogP contribution in [-0.2, 0) is 19.2 Å². The molecule has 1 rings (SSSR count). The van der Waals surface area contributed by atoms with E-state index in [0.717, 1.165) is 5.56 Å². The third-order valence-corrected chi connectivity index (χ3v) is 2.56. The van der Waals surface area contributed by atoms with E-state index in [1.807, 2.05) is 51.1 Å². The monoisotopic (exact) mass is 279 g/mol. The number of esters is 1. The summed E-state index contributed by atoms with van der Waals surface area (Å²) in [6, 6.07) is 8.74. The molecule has 110 valence electrons. The highest BCUT2D eigenvalue weighted by Crippen LogP contribution is 2.26. The number of hydrogen-bond acceptors (Lipinski definition) is 4. The predicted molar refractivity (Wildman–Crippen MR) is 74.6 cm³/mol. The summed E-state index contributed by atoms with van der Waals surface area (Å²) in [5, 5.41) is 1.17. The molecule has 0 fully saturated rings. The van der Waals surface area contributed by atoms with Crippen LogP contribution in [0.5, 0.6) is 0 Å². The molecular formula is C15H21NO4. The number of ether oxygens (including phenoxy) is 1. The first-order valence-corrected chi connectivity index (χ1v) is 6.42. The number of nitrogens with zero attached hydrogens (tertiary/aromatic N) is 1. The highest BCUT2D eigenvalue weighted by atomic mass is 16.7. The van der Waals surface area contributed by atoms with Gasteiger partial charge in [-0.2, -0.15) is 0 Å². The van der Waals surface area contributed by atoms with Gasteiger partial charge in [0.25, 0.3) is 0 Å². The van der Waals surface area contributed by atoms with Crippen LogP contribution in [0.1, 0.15) is 38.8 Å². The molecular weight excluding hydrogens is 258 g/mol. The molecule has 0 saturated heterocycles. The Labute approximate surface area is 119 Å². The molecule has 1 aromatic carbocycles. The van der Waals surface area contributed by atoms with Crippen molar-refractivity contribution in [2.45, 2.75) is 38.8 Å². The fourth-order valence-corrected chi connectivity index (χ4v) is 1.75. The number of rotatable bonds is 6. The van der Waals surface area contributed by atoms with Gasteiger partial charge in [-0.05, 0) is 26.3 Å². The molecule has 0 spiro atoms. The van der Waals surface area contributed by atoms with Crippen molar-refractivity contribution in [1.82, 2.24) is 5.06 Å². The molecule has 0 heterocycles. The second-order valence-electron chi connectivity index (χ2n) is 5.38. The Morgan fingerprint density at radius 3 is 2.35 bits per heavy atom. The number of methoxy groups -OCH3 is 1. The number of carbonyl (C=O) groups is 2. The summed E-state index contributed by atoms with van der Waals surface area (Å²) in [5.74, 6) is -0.400. The largest absolute Gasteiger partial charge is 0.469 e. The lowest BCUT2D eigenvalue weighted by Gasteiger charge is -2.32. The molecule has 0 bridgehead atoms. The molecule has 1 aromatic rings. The average Bonchev–Trinajstić information content (AvgIpc) is 2.42. The average molecular weight is 279 g/mol. The van der Waals surface area contributed by atoms with E-state index in [9.17, 15) is 9.59 Å². The van der Waals surface area contributed by atoms with E-state index in [-0.39, 0.29) is 6.42 Å². The number of hydrogen-bond donors (Lipinski definition) is 0. The Kier molecular flexibility index (Phi) is 5.70. The number of hydroxylamine groups is 2. The Bertz CT molecular complexity index is 439. The summed E-state index contributed by atoms with van der Waals surface area (Å²) in [5.41, 5.74) is 0.276. The first-order valence-electron chi connectivity index (χ1n) is 6.42. The van der Waals surface area contributed by atoms with Gasteiger partial charge in [0.2, 0.25) is 6.41 Å². The summed E-state index contributed by atoms with van der Waals surface area (Å²) in [6.45, 7) is 5.51. The van der Waals surface area contributed by atoms with E-state index in [2.05, 4.69) is 4.74 Å². The molecule has 0 radical (unpaired) electrons. The van der Waals surface area contributed by atoms with Crippen molar-refractivity contribution < 1.29 is 19.2 Å². The van der Waals surface area contributed by atoms with Gasteiger partial charge in [0.15, 0.2) is 0 Å². The van der Waals surface area contributed by atoms with E-state index in [1.165, 1.54) is 12.2 Å². The molecule has 0 aliphatic heterocycles. The van der Waals surface area contributed by atoms with Crippen molar-refractivity contribution in [2.75, 3.05) is 7.11 Å². The van der Waals surface area contributed by atoms with Gasteiger partial charge in [-0.25, -0.2) is 5.06 Å². The third-order valence-electron chi connectivity index (χ3n) is 2.56. The summed E-state index contributed by atoms with van der Waals surface area (Å²) in [6.07, 6.45) is 0.626. The molecule has 1 amide bonds. The summed E-state index contributed by atoms with van der Waals surface area (Å²) < 4.78 is 4.69. The Balaban J connectivity index is 3.02. The summed E-state index contributed by atoms with van der Waals surface area (Å²) >= 11 is 0. The van der Waals surface area contributed by atoms with E-state index in [1.54, 1.807) is 0 Å². The second kappa shape index (κ2) is 7.05. The van der Waals surface area contributed by atoms with Crippen LogP contribution in [0.25, 0.3) is 0 Å². The molecule has 0 saturated carbocycles. The van der Waals surface area contributed by atoms with E-state index < -0.39 is 17.6 Å². The number of benzene rings is 1. The predicted octanol–water partition coefficient (Wildman–Crippen LogP) is 2.48. The van der Waals surface area contributed by atoms with Gasteiger partial charge in [0.05, 0.1) is 25.2 Å². The van der Waals surface area contributed by atoms with Crippen LogP contribution in [0.15, 0.2) is 30.3 Å². The second-order valence-corrected chi connectivity index (χ2v) is 5.38. The zero-order valence-electron chi connectivity index (χ0n) is 12.3. The van der Waals surface area contributed by atoms with Gasteiger partial charge in [-0.1, -0.05) is 30.3 Å². The van der Waals surface area contributed by atoms with Crippen LogP contribution in [0.4, 0.5) is 0 Å². The van der Waals surface area contributed by atoms with Crippen molar-refractivity contribution in [3.05, 3.63) is 35.9 Å². The molecule has 5 heteroatoms. The summed E-state index contributed by atoms with van der Waals surface area (Å²) in [7, 11) is 1.32. The lowest BCUT2D eigenvalue weighted by Crippen LogP contribution is -2.37. The molecule has 20 heavy (non-hydrogen) atoms. The van der Waals surface area contributed by atoms with Crippen molar-refractivity contribution in [2.24, 2.45) is 0 Å². The standard InChI is InChI=1S/C15H21NO4/c1-15(2,3)20-16(11-17)13(10-14(18)19-4)12-8-6-5-7-9-12/h5-9,11,13H,10H2,1-4H3. The van der Waals surface area contributed by atoms with Crippen LogP contribution in [-0.4, -0.2) is 30.2 Å². The van der Waals surface area contributed by atoms with Crippen molar-refractivity contribution in [3.8, 4) is 0 Å². The molecule has 1 unspecified atom stereocenters. The molecule has 0 aliphatic carbocycles. The van der Waals surface area contributed by atoms with Gasteiger partial charge in [-0.15, -0.1) is 0 Å². The lowest BCUT2D eigenvalue weighted by atomic mass is 10.0. The molecule has 0 aromatic heterocycles. The fourth-order valence-electron chi connectivity index (χ4n) is 1.75. The lowest BCUT2D eigenvalue weighted by molar-refractivity contribution is -0.235. The number of amides is 1. The number of carbonyl (C=O) groups excluding carboxylic acids is 2. The van der Waals surface area contributed by atoms with Crippen molar-refractivity contribution >= 4 is 12.4 Å². The molecule has 1 atom stereocenters. The minimum absolute atomic E-state index is 0.0370. The highest BCUT2D eigenvalue weighted by Gasteiger charge is 2.27.